The van der Waals surface area contributed by atoms with Crippen molar-refractivity contribution in [3.63, 3.8) is 0 Å². The number of hydrogen-bond acceptors (Lipinski definition) is 4. The molecule has 4 rings (SSSR count). The van der Waals surface area contributed by atoms with E-state index in [2.05, 4.69) is 14.9 Å². The third kappa shape index (κ3) is 3.38. The van der Waals surface area contributed by atoms with E-state index in [1.807, 2.05) is 30.1 Å². The van der Waals surface area contributed by atoms with E-state index in [1.165, 1.54) is 45.2 Å². The van der Waals surface area contributed by atoms with Gasteiger partial charge < -0.3 is 9.80 Å². The minimum absolute atomic E-state index is 0.0838. The third-order valence-electron chi connectivity index (χ3n) is 5.80. The van der Waals surface area contributed by atoms with Gasteiger partial charge in [0.05, 0.1) is 11.0 Å². The van der Waals surface area contributed by atoms with Gasteiger partial charge in [0, 0.05) is 37.6 Å². The smallest absolute Gasteiger partial charge is 0.253 e. The fraction of sp³-hybridized carbons (Fsp3) is 0.550. The molecule has 1 aromatic heterocycles. The quantitative estimate of drug-likeness (QED) is 0.863. The number of benzene rings is 1. The molecule has 0 N–H and O–H groups in total. The predicted octanol–water partition coefficient (Wildman–Crippen LogP) is 2.97. The number of amides is 1. The van der Waals surface area contributed by atoms with Crippen LogP contribution in [-0.2, 0) is 0 Å². The second kappa shape index (κ2) is 7.08. The van der Waals surface area contributed by atoms with Crippen molar-refractivity contribution >= 4 is 16.9 Å². The molecule has 132 valence electrons. The first-order valence-corrected chi connectivity index (χ1v) is 9.42. The normalized spacial score (nSPS) is 24.0. The summed E-state index contributed by atoms with van der Waals surface area (Å²) < 4.78 is 0. The van der Waals surface area contributed by atoms with E-state index in [0.29, 0.717) is 17.5 Å². The van der Waals surface area contributed by atoms with Gasteiger partial charge in [0.2, 0.25) is 0 Å². The lowest BCUT2D eigenvalue weighted by Crippen LogP contribution is -2.51. The topological polar surface area (TPSA) is 49.3 Å². The Bertz CT molecular complexity index is 760. The van der Waals surface area contributed by atoms with Crippen molar-refractivity contribution in [1.29, 1.82) is 0 Å². The van der Waals surface area contributed by atoms with Crippen LogP contribution in [0.1, 0.15) is 42.5 Å². The number of nitrogens with zero attached hydrogens (tertiary/aromatic N) is 4. The Morgan fingerprint density at radius 1 is 1.12 bits per heavy atom. The van der Waals surface area contributed by atoms with Crippen molar-refractivity contribution in [2.75, 3.05) is 26.7 Å². The molecule has 1 amide bonds. The highest BCUT2D eigenvalue weighted by Crippen LogP contribution is 2.31. The van der Waals surface area contributed by atoms with Crippen molar-refractivity contribution in [1.82, 2.24) is 19.8 Å². The zero-order chi connectivity index (χ0) is 17.2. The molecule has 2 saturated heterocycles. The molecule has 2 aromatic rings. The lowest BCUT2D eigenvalue weighted by molar-refractivity contribution is 0.0403. The molecule has 25 heavy (non-hydrogen) atoms. The van der Waals surface area contributed by atoms with Crippen LogP contribution in [0.4, 0.5) is 0 Å². The number of carbonyl (C=O) groups excluding carboxylic acids is 1. The van der Waals surface area contributed by atoms with E-state index in [4.69, 9.17) is 0 Å². The Kier molecular flexibility index (Phi) is 4.66. The van der Waals surface area contributed by atoms with Gasteiger partial charge in [-0.2, -0.15) is 0 Å². The summed E-state index contributed by atoms with van der Waals surface area (Å²) in [6.07, 6.45) is 9.79. The summed E-state index contributed by atoms with van der Waals surface area (Å²) in [6.45, 7) is 3.32. The summed E-state index contributed by atoms with van der Waals surface area (Å²) in [5.74, 6) is 0.684. The molecule has 2 fully saturated rings. The maximum Gasteiger partial charge on any atom is 0.253 e. The molecule has 0 radical (unpaired) electrons. The van der Waals surface area contributed by atoms with Crippen molar-refractivity contribution in [3.05, 3.63) is 36.2 Å². The van der Waals surface area contributed by atoms with Gasteiger partial charge in [-0.25, -0.2) is 0 Å². The molecule has 2 aliphatic rings. The fourth-order valence-corrected chi connectivity index (χ4v) is 4.54. The zero-order valence-electron chi connectivity index (χ0n) is 14.9. The molecule has 0 aliphatic carbocycles. The molecule has 0 spiro atoms. The number of aromatic nitrogens is 2. The third-order valence-corrected chi connectivity index (χ3v) is 5.80. The van der Waals surface area contributed by atoms with Gasteiger partial charge in [0.25, 0.3) is 5.91 Å². The van der Waals surface area contributed by atoms with Crippen LogP contribution >= 0.6 is 0 Å². The minimum atomic E-state index is 0.0838. The number of piperidine rings is 2. The Labute approximate surface area is 149 Å². The van der Waals surface area contributed by atoms with Gasteiger partial charge in [-0.1, -0.05) is 6.42 Å². The maximum atomic E-state index is 12.9. The summed E-state index contributed by atoms with van der Waals surface area (Å²) >= 11 is 0. The van der Waals surface area contributed by atoms with Crippen LogP contribution in [0.5, 0.6) is 0 Å². The molecule has 2 atom stereocenters. The van der Waals surface area contributed by atoms with Crippen LogP contribution in [0.15, 0.2) is 30.6 Å². The summed E-state index contributed by atoms with van der Waals surface area (Å²) in [7, 11) is 1.94. The van der Waals surface area contributed by atoms with Crippen LogP contribution in [0.25, 0.3) is 11.0 Å². The molecule has 2 aliphatic heterocycles. The van der Waals surface area contributed by atoms with Crippen LogP contribution in [-0.4, -0.2) is 58.4 Å². The Balaban J connectivity index is 1.47. The Morgan fingerprint density at radius 2 is 1.92 bits per heavy atom. The van der Waals surface area contributed by atoms with E-state index < -0.39 is 0 Å². The summed E-state index contributed by atoms with van der Waals surface area (Å²) in [5, 5.41) is 0. The number of carbonyl (C=O) groups is 1. The summed E-state index contributed by atoms with van der Waals surface area (Å²) in [4.78, 5) is 26.0. The molecular formula is C20H26N4O. The van der Waals surface area contributed by atoms with E-state index >= 15 is 0 Å². The van der Waals surface area contributed by atoms with E-state index in [9.17, 15) is 4.79 Å². The number of hydrogen-bond donors (Lipinski definition) is 0. The van der Waals surface area contributed by atoms with Crippen LogP contribution in [0, 0.1) is 5.92 Å². The van der Waals surface area contributed by atoms with Crippen LogP contribution in [0.3, 0.4) is 0 Å². The van der Waals surface area contributed by atoms with Crippen LogP contribution in [0.2, 0.25) is 0 Å². The maximum absolute atomic E-state index is 12.9. The largest absolute Gasteiger partial charge is 0.341 e. The lowest BCUT2D eigenvalue weighted by Gasteiger charge is -2.45. The summed E-state index contributed by atoms with van der Waals surface area (Å²) in [5.41, 5.74) is 2.30. The van der Waals surface area contributed by atoms with Gasteiger partial charge in [-0.05, 0) is 62.9 Å². The minimum Gasteiger partial charge on any atom is -0.341 e. The van der Waals surface area contributed by atoms with Crippen molar-refractivity contribution in [2.24, 2.45) is 5.92 Å². The molecular weight excluding hydrogens is 312 g/mol. The first-order chi connectivity index (χ1) is 12.2. The molecule has 0 unspecified atom stereocenters. The molecule has 1 aromatic carbocycles. The Morgan fingerprint density at radius 3 is 2.80 bits per heavy atom. The fourth-order valence-electron chi connectivity index (χ4n) is 4.54. The van der Waals surface area contributed by atoms with Crippen LogP contribution < -0.4 is 0 Å². The predicted molar refractivity (Wildman–Crippen MR) is 98.4 cm³/mol. The van der Waals surface area contributed by atoms with Gasteiger partial charge in [0.15, 0.2) is 0 Å². The average molecular weight is 338 g/mol. The second-order valence-corrected chi connectivity index (χ2v) is 7.45. The number of fused-ring (bicyclic) bond motifs is 2. The highest BCUT2D eigenvalue weighted by Gasteiger charge is 2.34. The van der Waals surface area contributed by atoms with Gasteiger partial charge in [-0.3, -0.25) is 14.8 Å². The standard InChI is InChI=1S/C20H26N4O/c1-23(14-16-5-4-12-24-11-3-2-6-19(16)24)20(25)15-7-8-17-18(13-15)22-10-9-21-17/h7-10,13,16,19H,2-6,11-12,14H2,1H3/t16-,19+/m0/s1. The molecule has 0 bridgehead atoms. The van der Waals surface area contributed by atoms with Gasteiger partial charge in [0.1, 0.15) is 0 Å². The van der Waals surface area contributed by atoms with Crippen molar-refractivity contribution < 1.29 is 4.79 Å². The Hall–Kier alpha value is -2.01. The molecule has 5 heteroatoms. The van der Waals surface area contributed by atoms with E-state index in [1.54, 1.807) is 12.4 Å². The van der Waals surface area contributed by atoms with E-state index in [-0.39, 0.29) is 5.91 Å². The van der Waals surface area contributed by atoms with Gasteiger partial charge >= 0.3 is 0 Å². The highest BCUT2D eigenvalue weighted by atomic mass is 16.2. The average Bonchev–Trinajstić information content (AvgIpc) is 2.67. The molecule has 5 nitrogen and oxygen atoms in total. The van der Waals surface area contributed by atoms with Gasteiger partial charge in [-0.15, -0.1) is 0 Å². The molecule has 0 saturated carbocycles. The SMILES string of the molecule is CN(C[C@@H]1CCCN2CCCC[C@H]12)C(=O)c1ccc2nccnc2c1. The number of rotatable bonds is 3. The second-order valence-electron chi connectivity index (χ2n) is 7.45. The summed E-state index contributed by atoms with van der Waals surface area (Å²) in [6, 6.07) is 6.27. The monoisotopic (exact) mass is 338 g/mol. The van der Waals surface area contributed by atoms with Crippen molar-refractivity contribution in [3.8, 4) is 0 Å². The first-order valence-electron chi connectivity index (χ1n) is 9.42. The zero-order valence-corrected chi connectivity index (χ0v) is 14.9. The highest BCUT2D eigenvalue weighted by molar-refractivity contribution is 5.97. The van der Waals surface area contributed by atoms with Crippen molar-refractivity contribution in [2.45, 2.75) is 38.1 Å². The van der Waals surface area contributed by atoms with E-state index in [0.717, 1.165) is 17.6 Å². The lowest BCUT2D eigenvalue weighted by atomic mass is 9.83. The molecule has 3 heterocycles. The first kappa shape index (κ1) is 16.5.